The van der Waals surface area contributed by atoms with E-state index in [4.69, 9.17) is 16.3 Å². The van der Waals surface area contributed by atoms with Crippen LogP contribution in [0.15, 0.2) is 67.3 Å². The third-order valence-corrected chi connectivity index (χ3v) is 3.91. The molecule has 0 atom stereocenters. The lowest BCUT2D eigenvalue weighted by atomic mass is 10.2. The van der Waals surface area contributed by atoms with E-state index in [1.54, 1.807) is 45.9 Å². The van der Waals surface area contributed by atoms with Gasteiger partial charge in [0.2, 0.25) is 0 Å². The third-order valence-electron chi connectivity index (χ3n) is 3.69. The summed E-state index contributed by atoms with van der Waals surface area (Å²) in [7, 11) is 0. The number of hydrogen-bond donors (Lipinski definition) is 0. The molecule has 4 aromatic rings. The largest absolute Gasteiger partial charge is 0.456 e. The SMILES string of the molecule is O=C(OCc1cn2cc(Cl)ccc2n1)c1ccc(-n2cccn2)cc1. The van der Waals surface area contributed by atoms with E-state index in [1.807, 2.05) is 30.5 Å². The molecular weight excluding hydrogens is 340 g/mol. The van der Waals surface area contributed by atoms with E-state index < -0.39 is 5.97 Å². The molecule has 0 radical (unpaired) electrons. The minimum atomic E-state index is -0.401. The molecule has 0 N–H and O–H groups in total. The summed E-state index contributed by atoms with van der Waals surface area (Å²) < 4.78 is 8.85. The van der Waals surface area contributed by atoms with Crippen LogP contribution in [-0.4, -0.2) is 25.1 Å². The molecule has 124 valence electrons. The van der Waals surface area contributed by atoms with Gasteiger partial charge in [0.1, 0.15) is 12.3 Å². The molecule has 4 rings (SSSR count). The summed E-state index contributed by atoms with van der Waals surface area (Å²) in [5.41, 5.74) is 2.75. The van der Waals surface area contributed by atoms with Crippen molar-refractivity contribution in [2.45, 2.75) is 6.61 Å². The molecule has 0 fully saturated rings. The first-order valence-electron chi connectivity index (χ1n) is 7.59. The van der Waals surface area contributed by atoms with Gasteiger partial charge >= 0.3 is 5.97 Å². The van der Waals surface area contributed by atoms with Crippen LogP contribution in [0, 0.1) is 0 Å². The number of rotatable bonds is 4. The first kappa shape index (κ1) is 15.4. The number of imidazole rings is 1. The summed E-state index contributed by atoms with van der Waals surface area (Å²) in [6.45, 7) is 0.0963. The average Bonchev–Trinajstić information content (AvgIpc) is 3.29. The van der Waals surface area contributed by atoms with Gasteiger partial charge in [0, 0.05) is 24.8 Å². The molecule has 1 aromatic carbocycles. The van der Waals surface area contributed by atoms with E-state index in [0.717, 1.165) is 11.3 Å². The number of nitrogens with zero attached hydrogens (tertiary/aromatic N) is 4. The summed E-state index contributed by atoms with van der Waals surface area (Å²) in [6.07, 6.45) is 7.08. The molecule has 0 aliphatic rings. The van der Waals surface area contributed by atoms with Crippen LogP contribution in [-0.2, 0) is 11.3 Å². The number of ether oxygens (including phenoxy) is 1. The second-order valence-electron chi connectivity index (χ2n) is 5.42. The highest BCUT2D eigenvalue weighted by atomic mass is 35.5. The Balaban J connectivity index is 1.44. The predicted octanol–water partition coefficient (Wildman–Crippen LogP) is 3.53. The van der Waals surface area contributed by atoms with E-state index >= 15 is 0 Å². The second kappa shape index (κ2) is 6.41. The monoisotopic (exact) mass is 352 g/mol. The van der Waals surface area contributed by atoms with Gasteiger partial charge in [-0.2, -0.15) is 5.10 Å². The quantitative estimate of drug-likeness (QED) is 0.527. The first-order valence-corrected chi connectivity index (χ1v) is 7.97. The predicted molar refractivity (Wildman–Crippen MR) is 92.9 cm³/mol. The molecular formula is C18H13ClN4O2. The molecule has 0 saturated carbocycles. The Bertz CT molecular complexity index is 1020. The van der Waals surface area contributed by atoms with Gasteiger partial charge in [-0.1, -0.05) is 11.6 Å². The van der Waals surface area contributed by atoms with E-state index in [9.17, 15) is 4.79 Å². The van der Waals surface area contributed by atoms with Crippen molar-refractivity contribution in [2.75, 3.05) is 0 Å². The van der Waals surface area contributed by atoms with Gasteiger partial charge in [-0.25, -0.2) is 14.5 Å². The number of benzene rings is 1. The molecule has 7 heteroatoms. The van der Waals surface area contributed by atoms with Crippen molar-refractivity contribution in [2.24, 2.45) is 0 Å². The Hall–Kier alpha value is -3.12. The number of aromatic nitrogens is 4. The molecule has 0 spiro atoms. The molecule has 0 aliphatic carbocycles. The lowest BCUT2D eigenvalue weighted by Crippen LogP contribution is -2.06. The lowest BCUT2D eigenvalue weighted by molar-refractivity contribution is 0.0468. The van der Waals surface area contributed by atoms with Gasteiger partial charge in [0.15, 0.2) is 0 Å². The van der Waals surface area contributed by atoms with Crippen LogP contribution in [0.5, 0.6) is 0 Å². The number of pyridine rings is 1. The number of hydrogen-bond acceptors (Lipinski definition) is 4. The Morgan fingerprint density at radius 2 is 1.96 bits per heavy atom. The van der Waals surface area contributed by atoms with Gasteiger partial charge in [0.25, 0.3) is 0 Å². The maximum Gasteiger partial charge on any atom is 0.338 e. The van der Waals surface area contributed by atoms with Crippen molar-refractivity contribution in [3.63, 3.8) is 0 Å². The maximum atomic E-state index is 12.2. The number of fused-ring (bicyclic) bond motifs is 1. The summed E-state index contributed by atoms with van der Waals surface area (Å²) in [5.74, 6) is -0.401. The standard InChI is InChI=1S/C18H13ClN4O2/c19-14-4-7-17-21-15(11-22(17)10-14)12-25-18(24)13-2-5-16(6-3-13)23-9-1-8-20-23/h1-11H,12H2. The van der Waals surface area contributed by atoms with E-state index in [2.05, 4.69) is 10.1 Å². The number of carbonyl (C=O) groups is 1. The van der Waals surface area contributed by atoms with E-state index in [-0.39, 0.29) is 6.61 Å². The molecule has 3 heterocycles. The summed E-state index contributed by atoms with van der Waals surface area (Å²) in [5, 5.41) is 4.76. The van der Waals surface area contributed by atoms with Gasteiger partial charge in [0.05, 0.1) is 22.0 Å². The molecule has 6 nitrogen and oxygen atoms in total. The van der Waals surface area contributed by atoms with Crippen molar-refractivity contribution in [3.05, 3.63) is 83.5 Å². The fourth-order valence-corrected chi connectivity index (χ4v) is 2.65. The normalized spacial score (nSPS) is 10.9. The van der Waals surface area contributed by atoms with Crippen LogP contribution in [0.4, 0.5) is 0 Å². The summed E-state index contributed by atoms with van der Waals surface area (Å²) in [4.78, 5) is 16.6. The van der Waals surface area contributed by atoms with Gasteiger partial charge < -0.3 is 9.14 Å². The fourth-order valence-electron chi connectivity index (χ4n) is 2.48. The van der Waals surface area contributed by atoms with Crippen LogP contribution in [0.25, 0.3) is 11.3 Å². The minimum absolute atomic E-state index is 0.0963. The average molecular weight is 353 g/mol. The number of carbonyl (C=O) groups excluding carboxylic acids is 1. The minimum Gasteiger partial charge on any atom is -0.456 e. The highest BCUT2D eigenvalue weighted by Gasteiger charge is 2.10. The van der Waals surface area contributed by atoms with Crippen molar-refractivity contribution in [1.82, 2.24) is 19.2 Å². The first-order chi connectivity index (χ1) is 12.2. The van der Waals surface area contributed by atoms with Crippen LogP contribution in [0.2, 0.25) is 5.02 Å². The molecule has 0 saturated heterocycles. The fraction of sp³-hybridized carbons (Fsp3) is 0.0556. The van der Waals surface area contributed by atoms with Crippen molar-refractivity contribution >= 4 is 23.2 Å². The van der Waals surface area contributed by atoms with Crippen LogP contribution in [0.3, 0.4) is 0 Å². The van der Waals surface area contributed by atoms with Gasteiger partial charge in [-0.05, 0) is 42.5 Å². The van der Waals surface area contributed by atoms with Crippen molar-refractivity contribution < 1.29 is 9.53 Å². The molecule has 3 aromatic heterocycles. The number of halogens is 1. The Kier molecular flexibility index (Phi) is 3.95. The zero-order valence-corrected chi connectivity index (χ0v) is 13.8. The smallest absolute Gasteiger partial charge is 0.338 e. The zero-order valence-electron chi connectivity index (χ0n) is 13.0. The van der Waals surface area contributed by atoms with Crippen molar-refractivity contribution in [3.8, 4) is 5.69 Å². The molecule has 0 aliphatic heterocycles. The third kappa shape index (κ3) is 3.25. The summed E-state index contributed by atoms with van der Waals surface area (Å²) >= 11 is 5.95. The molecule has 0 bridgehead atoms. The number of esters is 1. The van der Waals surface area contributed by atoms with Gasteiger partial charge in [-0.3, -0.25) is 0 Å². The van der Waals surface area contributed by atoms with Crippen molar-refractivity contribution in [1.29, 1.82) is 0 Å². The van der Waals surface area contributed by atoms with Crippen LogP contribution < -0.4 is 0 Å². The Morgan fingerprint density at radius 3 is 2.72 bits per heavy atom. The lowest BCUT2D eigenvalue weighted by Gasteiger charge is -2.05. The van der Waals surface area contributed by atoms with Gasteiger partial charge in [-0.15, -0.1) is 0 Å². The summed E-state index contributed by atoms with van der Waals surface area (Å²) in [6, 6.07) is 12.5. The second-order valence-corrected chi connectivity index (χ2v) is 5.86. The molecule has 25 heavy (non-hydrogen) atoms. The topological polar surface area (TPSA) is 61.4 Å². The van der Waals surface area contributed by atoms with Crippen LogP contribution >= 0.6 is 11.6 Å². The Morgan fingerprint density at radius 1 is 1.12 bits per heavy atom. The molecule has 0 amide bonds. The highest BCUT2D eigenvalue weighted by Crippen LogP contribution is 2.14. The Labute approximate surface area is 148 Å². The zero-order chi connectivity index (χ0) is 17.2. The van der Waals surface area contributed by atoms with E-state index in [1.165, 1.54) is 0 Å². The van der Waals surface area contributed by atoms with E-state index in [0.29, 0.717) is 16.3 Å². The van der Waals surface area contributed by atoms with Crippen LogP contribution in [0.1, 0.15) is 16.1 Å². The highest BCUT2D eigenvalue weighted by molar-refractivity contribution is 6.30. The maximum absolute atomic E-state index is 12.2. The molecule has 0 unspecified atom stereocenters.